The maximum atomic E-state index is 13.0. The highest BCUT2D eigenvalue weighted by Gasteiger charge is 2.44. The molecular weight excluding hydrogens is 430 g/mol. The maximum absolute atomic E-state index is 13.0. The predicted molar refractivity (Wildman–Crippen MR) is 115 cm³/mol. The molecule has 6 nitrogen and oxygen atoms in total. The zero-order chi connectivity index (χ0) is 20.2. The van der Waals surface area contributed by atoms with Crippen molar-refractivity contribution < 1.29 is 13.2 Å². The second-order valence-electron chi connectivity index (χ2n) is 7.32. The minimum atomic E-state index is -3.52. The van der Waals surface area contributed by atoms with E-state index in [1.54, 1.807) is 23.5 Å². The van der Waals surface area contributed by atoms with Crippen LogP contribution in [0.2, 0.25) is 4.34 Å². The molecule has 1 aromatic carbocycles. The molecule has 1 saturated heterocycles. The van der Waals surface area contributed by atoms with Crippen molar-refractivity contribution >= 4 is 38.6 Å². The van der Waals surface area contributed by atoms with Crippen molar-refractivity contribution in [2.75, 3.05) is 25.5 Å². The molecule has 0 amide bonds. The molecule has 1 fully saturated rings. The van der Waals surface area contributed by atoms with Gasteiger partial charge in [-0.25, -0.2) is 8.42 Å². The first kappa shape index (κ1) is 19.0. The number of methoxy groups -OCH3 is 1. The second kappa shape index (κ2) is 6.77. The number of hydrogen-bond acceptors (Lipinski definition) is 5. The molecule has 29 heavy (non-hydrogen) atoms. The Bertz CT molecular complexity index is 1180. The first-order chi connectivity index (χ1) is 13.9. The molecule has 0 bridgehead atoms. The third-order valence-electron chi connectivity index (χ3n) is 5.79. The highest BCUT2D eigenvalue weighted by molar-refractivity contribution is 7.91. The van der Waals surface area contributed by atoms with E-state index in [4.69, 9.17) is 16.3 Å². The lowest BCUT2D eigenvalue weighted by molar-refractivity contribution is 0.247. The van der Waals surface area contributed by atoms with Gasteiger partial charge >= 0.3 is 0 Å². The van der Waals surface area contributed by atoms with Gasteiger partial charge in [0.05, 0.1) is 28.4 Å². The van der Waals surface area contributed by atoms with Crippen molar-refractivity contribution in [3.05, 3.63) is 58.7 Å². The number of piperidine rings is 1. The smallest absolute Gasteiger partial charge is 0.252 e. The Morgan fingerprint density at radius 3 is 2.66 bits per heavy atom. The zero-order valence-corrected chi connectivity index (χ0v) is 18.1. The van der Waals surface area contributed by atoms with Gasteiger partial charge in [0, 0.05) is 31.0 Å². The largest absolute Gasteiger partial charge is 0.497 e. The van der Waals surface area contributed by atoms with Gasteiger partial charge in [0.15, 0.2) is 0 Å². The molecule has 2 aliphatic rings. The van der Waals surface area contributed by atoms with E-state index in [0.29, 0.717) is 34.5 Å². The first-order valence-electron chi connectivity index (χ1n) is 9.33. The summed E-state index contributed by atoms with van der Waals surface area (Å²) in [6.07, 6.45) is 3.40. The van der Waals surface area contributed by atoms with Gasteiger partial charge in [0.1, 0.15) is 9.96 Å². The van der Waals surface area contributed by atoms with Crippen LogP contribution in [0, 0.1) is 0 Å². The fraction of sp³-hybridized carbons (Fsp3) is 0.300. The molecule has 2 aromatic heterocycles. The predicted octanol–water partition coefficient (Wildman–Crippen LogP) is 4.31. The number of fused-ring (bicyclic) bond motifs is 4. The topological polar surface area (TPSA) is 63.6 Å². The van der Waals surface area contributed by atoms with E-state index in [0.717, 1.165) is 34.2 Å². The number of nitrogens with zero attached hydrogens (tertiary/aromatic N) is 2. The average molecular weight is 450 g/mol. The Kier molecular flexibility index (Phi) is 4.43. The van der Waals surface area contributed by atoms with Crippen LogP contribution in [0.3, 0.4) is 0 Å². The number of ether oxygens (including phenoxy) is 1. The number of aromatic nitrogens is 1. The lowest BCUT2D eigenvalue weighted by Gasteiger charge is -2.45. The van der Waals surface area contributed by atoms with Gasteiger partial charge < -0.3 is 14.6 Å². The monoisotopic (exact) mass is 449 g/mol. The molecule has 9 heteroatoms. The number of benzene rings is 1. The summed E-state index contributed by atoms with van der Waals surface area (Å²) in [6.45, 7) is 0.880. The van der Waals surface area contributed by atoms with Crippen molar-refractivity contribution in [3.63, 3.8) is 0 Å². The Balaban J connectivity index is 1.46. The van der Waals surface area contributed by atoms with E-state index in [1.807, 2.05) is 24.3 Å². The molecule has 0 saturated carbocycles. The number of halogens is 1. The lowest BCUT2D eigenvalue weighted by atomic mass is 9.83. The third kappa shape index (κ3) is 2.97. The number of anilines is 1. The molecule has 4 heterocycles. The van der Waals surface area contributed by atoms with Crippen LogP contribution in [0.1, 0.15) is 18.5 Å². The van der Waals surface area contributed by atoms with Crippen molar-refractivity contribution in [1.29, 1.82) is 0 Å². The summed E-state index contributed by atoms with van der Waals surface area (Å²) in [5.74, 6) is 0.789. The molecule has 2 aliphatic heterocycles. The maximum Gasteiger partial charge on any atom is 0.252 e. The molecule has 1 spiro atoms. The number of sulfonamides is 1. The summed E-state index contributed by atoms with van der Waals surface area (Å²) < 4.78 is 35.9. The minimum absolute atomic E-state index is 0.300. The molecule has 1 N–H and O–H groups in total. The Labute approximate surface area is 178 Å². The van der Waals surface area contributed by atoms with E-state index in [2.05, 4.69) is 22.1 Å². The third-order valence-corrected chi connectivity index (χ3v) is 9.39. The molecule has 3 aromatic rings. The minimum Gasteiger partial charge on any atom is -0.497 e. The van der Waals surface area contributed by atoms with Crippen molar-refractivity contribution in [2.45, 2.75) is 22.6 Å². The Morgan fingerprint density at radius 1 is 1.17 bits per heavy atom. The van der Waals surface area contributed by atoms with Gasteiger partial charge in [0.2, 0.25) is 0 Å². The van der Waals surface area contributed by atoms with Gasteiger partial charge in [-0.15, -0.1) is 11.3 Å². The summed E-state index contributed by atoms with van der Waals surface area (Å²) in [4.78, 5) is 0. The standard InChI is InChI=1S/C20H20ClN3O3S2/c1-27-14-4-5-16-15(13-14)22-20(17-3-2-10-24(16)17)8-11-23(12-9-20)29(25,26)19-7-6-18(21)28-19/h2-7,10,13,22H,8-9,11-12H2,1H3. The van der Waals surface area contributed by atoms with Gasteiger partial charge in [-0.2, -0.15) is 4.31 Å². The Morgan fingerprint density at radius 2 is 1.97 bits per heavy atom. The van der Waals surface area contributed by atoms with Crippen LogP contribution >= 0.6 is 22.9 Å². The van der Waals surface area contributed by atoms with Crippen LogP contribution in [-0.4, -0.2) is 37.5 Å². The number of rotatable bonds is 3. The van der Waals surface area contributed by atoms with Gasteiger partial charge in [-0.3, -0.25) is 0 Å². The van der Waals surface area contributed by atoms with E-state index in [9.17, 15) is 8.42 Å². The van der Waals surface area contributed by atoms with Crippen LogP contribution in [0.4, 0.5) is 5.69 Å². The molecule has 152 valence electrons. The number of hydrogen-bond donors (Lipinski definition) is 1. The fourth-order valence-corrected chi connectivity index (χ4v) is 7.39. The summed E-state index contributed by atoms with van der Waals surface area (Å²) in [7, 11) is -1.86. The van der Waals surface area contributed by atoms with E-state index >= 15 is 0 Å². The average Bonchev–Trinajstić information content (AvgIpc) is 3.38. The Hall–Kier alpha value is -2.00. The second-order valence-corrected chi connectivity index (χ2v) is 11.2. The van der Waals surface area contributed by atoms with Crippen LogP contribution in [-0.2, 0) is 15.6 Å². The summed E-state index contributed by atoms with van der Waals surface area (Å²) in [6, 6.07) is 13.3. The fourth-order valence-electron chi connectivity index (χ4n) is 4.31. The van der Waals surface area contributed by atoms with E-state index in [1.165, 1.54) is 0 Å². The SMILES string of the molecule is COc1ccc2c(c1)NC1(CCN(S(=O)(=O)c3ccc(Cl)s3)CC1)c1cccn1-2. The normalized spacial score (nSPS) is 18.1. The van der Waals surface area contributed by atoms with Crippen molar-refractivity contribution in [1.82, 2.24) is 8.87 Å². The quantitative estimate of drug-likeness (QED) is 0.647. The molecule has 0 atom stereocenters. The van der Waals surface area contributed by atoms with Gasteiger partial charge in [0.25, 0.3) is 10.0 Å². The van der Waals surface area contributed by atoms with Gasteiger partial charge in [-0.05, 0) is 49.2 Å². The summed E-state index contributed by atoms with van der Waals surface area (Å²) in [5.41, 5.74) is 2.91. The lowest BCUT2D eigenvalue weighted by Crippen LogP contribution is -2.50. The van der Waals surface area contributed by atoms with Crippen LogP contribution in [0.5, 0.6) is 5.75 Å². The van der Waals surface area contributed by atoms with Crippen LogP contribution < -0.4 is 10.1 Å². The van der Waals surface area contributed by atoms with Crippen LogP contribution in [0.15, 0.2) is 52.9 Å². The van der Waals surface area contributed by atoms with Crippen LogP contribution in [0.25, 0.3) is 5.69 Å². The summed E-state index contributed by atoms with van der Waals surface area (Å²) in [5, 5.41) is 3.70. The molecule has 0 aliphatic carbocycles. The molecule has 5 rings (SSSR count). The van der Waals surface area contributed by atoms with E-state index in [-0.39, 0.29) is 5.54 Å². The molecule has 0 radical (unpaired) electrons. The number of thiophene rings is 1. The molecule has 0 unspecified atom stereocenters. The highest BCUT2D eigenvalue weighted by Crippen LogP contribution is 2.45. The van der Waals surface area contributed by atoms with E-state index < -0.39 is 10.0 Å². The first-order valence-corrected chi connectivity index (χ1v) is 12.0. The number of nitrogens with one attached hydrogen (secondary N) is 1. The van der Waals surface area contributed by atoms with Gasteiger partial charge in [-0.1, -0.05) is 11.6 Å². The summed E-state index contributed by atoms with van der Waals surface area (Å²) >= 11 is 7.05. The van der Waals surface area contributed by atoms with Crippen molar-refractivity contribution in [3.8, 4) is 11.4 Å². The van der Waals surface area contributed by atoms with Crippen molar-refractivity contribution in [2.24, 2.45) is 0 Å². The zero-order valence-electron chi connectivity index (χ0n) is 15.8. The molecular formula is C20H20ClN3O3S2. The highest BCUT2D eigenvalue weighted by atomic mass is 35.5.